The van der Waals surface area contributed by atoms with Crippen molar-refractivity contribution in [3.05, 3.63) is 71.9 Å². The molecule has 1 heterocycles. The number of hydrogen-bond acceptors (Lipinski definition) is 9. The number of methoxy groups -OCH3 is 1. The molecule has 288 valence electrons. The number of nitrogens with zero attached hydrogens (tertiary/aromatic N) is 1. The van der Waals surface area contributed by atoms with Crippen molar-refractivity contribution in [2.45, 2.75) is 90.6 Å². The van der Waals surface area contributed by atoms with Crippen LogP contribution in [0.3, 0.4) is 0 Å². The normalized spacial score (nSPS) is 13.6. The number of carbonyl (C=O) groups is 6. The summed E-state index contributed by atoms with van der Waals surface area (Å²) in [7, 11) is 1.23. The Labute approximate surface area is 315 Å². The number of H-pyrrole nitrogens is 1. The monoisotopic (exact) mass is 752 g/mol. The molecule has 0 saturated carbocycles. The predicted octanol–water partition coefficient (Wildman–Crippen LogP) is 3.26. The first-order chi connectivity index (χ1) is 25.0. The second kappa shape index (κ2) is 19.7. The fourth-order valence-corrected chi connectivity index (χ4v) is 6.02. The SMILES string of the molecule is COC(=O)[C@H](CC(C)C)NC(=O)[C@@H](Cc1c[nH]c2ccccc12)NC(=O)[C@H](CS)N(CNC(C)=O)C(=O)[C@@H](Cc1ccccc1)NC(=O)OC(C)(C)C. The van der Waals surface area contributed by atoms with Crippen LogP contribution in [0.15, 0.2) is 60.8 Å². The van der Waals surface area contributed by atoms with E-state index < -0.39 is 72.1 Å². The quantitative estimate of drug-likeness (QED) is 0.0689. The zero-order valence-electron chi connectivity index (χ0n) is 31.4. The van der Waals surface area contributed by atoms with E-state index in [1.54, 1.807) is 51.2 Å². The smallest absolute Gasteiger partial charge is 0.408 e. The molecule has 2 aromatic carbocycles. The fourth-order valence-electron chi connectivity index (χ4n) is 5.66. The molecule has 53 heavy (non-hydrogen) atoms. The third-order valence-electron chi connectivity index (χ3n) is 8.15. The van der Waals surface area contributed by atoms with E-state index in [9.17, 15) is 28.8 Å². The molecule has 0 unspecified atom stereocenters. The van der Waals surface area contributed by atoms with E-state index in [4.69, 9.17) is 9.47 Å². The number of alkyl carbamates (subject to hydrolysis) is 1. The van der Waals surface area contributed by atoms with Gasteiger partial charge in [-0.05, 0) is 50.3 Å². The molecule has 0 aliphatic carbocycles. The topological polar surface area (TPSA) is 188 Å². The number of thiol groups is 1. The van der Waals surface area contributed by atoms with E-state index in [-0.39, 0.29) is 30.9 Å². The number of aromatic amines is 1. The average Bonchev–Trinajstić information content (AvgIpc) is 3.50. The lowest BCUT2D eigenvalue weighted by molar-refractivity contribution is -0.146. The number of fused-ring (bicyclic) bond motifs is 1. The van der Waals surface area contributed by atoms with Gasteiger partial charge in [0.25, 0.3) is 0 Å². The van der Waals surface area contributed by atoms with Gasteiger partial charge in [0, 0.05) is 42.6 Å². The van der Waals surface area contributed by atoms with Crippen molar-refractivity contribution in [3.63, 3.8) is 0 Å². The molecule has 14 nitrogen and oxygen atoms in total. The van der Waals surface area contributed by atoms with Crippen LogP contribution in [0.2, 0.25) is 0 Å². The number of aromatic nitrogens is 1. The highest BCUT2D eigenvalue weighted by Gasteiger charge is 2.37. The van der Waals surface area contributed by atoms with Crippen molar-refractivity contribution >= 4 is 59.2 Å². The third-order valence-corrected chi connectivity index (χ3v) is 8.49. The largest absolute Gasteiger partial charge is 0.467 e. The first-order valence-corrected chi connectivity index (χ1v) is 18.1. The first kappa shape index (κ1) is 42.4. The van der Waals surface area contributed by atoms with Crippen LogP contribution >= 0.6 is 12.6 Å². The van der Waals surface area contributed by atoms with Crippen LogP contribution < -0.4 is 21.3 Å². The molecule has 0 radical (unpaired) electrons. The highest BCUT2D eigenvalue weighted by atomic mass is 32.1. The summed E-state index contributed by atoms with van der Waals surface area (Å²) >= 11 is 4.43. The lowest BCUT2D eigenvalue weighted by atomic mass is 10.0. The summed E-state index contributed by atoms with van der Waals surface area (Å²) in [5.74, 6) is -3.41. The number of esters is 1. The molecule has 0 aliphatic rings. The highest BCUT2D eigenvalue weighted by molar-refractivity contribution is 7.80. The fraction of sp³-hybridized carbons (Fsp3) is 0.474. The first-order valence-electron chi connectivity index (χ1n) is 17.5. The van der Waals surface area contributed by atoms with Crippen molar-refractivity contribution < 1.29 is 38.2 Å². The number of ether oxygens (including phenoxy) is 2. The molecule has 3 aromatic rings. The molecule has 0 spiro atoms. The molecular weight excluding hydrogens is 701 g/mol. The molecule has 5 amide bonds. The Hall–Kier alpha value is -5.05. The minimum atomic E-state index is -1.33. The van der Waals surface area contributed by atoms with Crippen molar-refractivity contribution in [2.24, 2.45) is 5.92 Å². The molecule has 3 rings (SSSR count). The molecule has 0 bridgehead atoms. The van der Waals surface area contributed by atoms with Crippen molar-refractivity contribution in [1.82, 2.24) is 31.2 Å². The van der Waals surface area contributed by atoms with Gasteiger partial charge in [-0.25, -0.2) is 9.59 Å². The lowest BCUT2D eigenvalue weighted by Gasteiger charge is -2.34. The summed E-state index contributed by atoms with van der Waals surface area (Å²) in [6.07, 6.45) is 1.23. The van der Waals surface area contributed by atoms with Crippen molar-refractivity contribution in [3.8, 4) is 0 Å². The van der Waals surface area contributed by atoms with Crippen LogP contribution in [-0.2, 0) is 46.3 Å². The summed E-state index contributed by atoms with van der Waals surface area (Å²) in [6.45, 7) is 9.70. The lowest BCUT2D eigenvalue weighted by Crippen LogP contribution is -2.62. The zero-order valence-corrected chi connectivity index (χ0v) is 32.3. The standard InChI is InChI=1S/C38H52N6O8S/c1-23(2)17-31(36(49)51-7)42-33(46)29(19-26-20-39-28-16-12-11-15-27(26)28)41-34(47)32(21-53)44(22-40-24(3)45)35(48)30(18-25-13-9-8-10-14-25)43-37(50)52-38(4,5)6/h8-16,20,23,29-32,39,53H,17-19,21-22H2,1-7H3,(H,40,45)(H,41,47)(H,42,46)(H,43,50)/t29-,30-,31+,32+/m1/s1. The van der Waals surface area contributed by atoms with Gasteiger partial charge in [0.05, 0.1) is 13.8 Å². The summed E-state index contributed by atoms with van der Waals surface area (Å²) < 4.78 is 10.4. The third kappa shape index (κ3) is 13.1. The van der Waals surface area contributed by atoms with Crippen LogP contribution in [0.25, 0.3) is 10.9 Å². The van der Waals surface area contributed by atoms with E-state index in [1.807, 2.05) is 44.2 Å². The summed E-state index contributed by atoms with van der Waals surface area (Å²) in [4.78, 5) is 84.6. The molecule has 4 atom stereocenters. The van der Waals surface area contributed by atoms with Gasteiger partial charge in [0.1, 0.15) is 29.8 Å². The van der Waals surface area contributed by atoms with Crippen LogP contribution in [0.1, 0.15) is 59.1 Å². The van der Waals surface area contributed by atoms with Crippen LogP contribution in [0, 0.1) is 5.92 Å². The Kier molecular flexibility index (Phi) is 15.7. The zero-order chi connectivity index (χ0) is 39.3. The van der Waals surface area contributed by atoms with E-state index in [1.165, 1.54) is 14.0 Å². The van der Waals surface area contributed by atoms with Crippen LogP contribution in [0.4, 0.5) is 4.79 Å². The molecule has 1 aromatic heterocycles. The minimum absolute atomic E-state index is 0.0208. The Balaban J connectivity index is 2.00. The van der Waals surface area contributed by atoms with Gasteiger partial charge in [-0.15, -0.1) is 0 Å². The second-order valence-electron chi connectivity index (χ2n) is 14.1. The second-order valence-corrected chi connectivity index (χ2v) is 14.5. The summed E-state index contributed by atoms with van der Waals surface area (Å²) in [5.41, 5.74) is 1.39. The Morgan fingerprint density at radius 1 is 0.849 bits per heavy atom. The van der Waals surface area contributed by atoms with Gasteiger partial charge in [0.2, 0.25) is 23.6 Å². The van der Waals surface area contributed by atoms with Gasteiger partial charge in [-0.3, -0.25) is 19.2 Å². The summed E-state index contributed by atoms with van der Waals surface area (Å²) in [6, 6.07) is 11.7. The number of benzene rings is 2. The minimum Gasteiger partial charge on any atom is -0.467 e. The van der Waals surface area contributed by atoms with Gasteiger partial charge in [-0.2, -0.15) is 12.6 Å². The van der Waals surface area contributed by atoms with Gasteiger partial charge < -0.3 is 40.6 Å². The number of hydrogen-bond donors (Lipinski definition) is 6. The van der Waals surface area contributed by atoms with Gasteiger partial charge >= 0.3 is 12.1 Å². The number of nitrogens with one attached hydrogen (secondary N) is 5. The molecule has 5 N–H and O–H groups in total. The van der Waals surface area contributed by atoms with Crippen LogP contribution in [-0.4, -0.2) is 94.9 Å². The average molecular weight is 753 g/mol. The number of amides is 5. The summed E-state index contributed by atoms with van der Waals surface area (Å²) in [5, 5.41) is 11.6. The maximum atomic E-state index is 14.4. The van der Waals surface area contributed by atoms with Gasteiger partial charge in [0.15, 0.2) is 0 Å². The molecule has 0 saturated heterocycles. The molecule has 0 fully saturated rings. The van der Waals surface area contributed by atoms with Crippen LogP contribution in [0.5, 0.6) is 0 Å². The Morgan fingerprint density at radius 2 is 1.49 bits per heavy atom. The highest BCUT2D eigenvalue weighted by Crippen LogP contribution is 2.20. The maximum Gasteiger partial charge on any atom is 0.408 e. The van der Waals surface area contributed by atoms with Crippen molar-refractivity contribution in [2.75, 3.05) is 19.5 Å². The van der Waals surface area contributed by atoms with E-state index in [0.717, 1.165) is 21.4 Å². The molecular formula is C38H52N6O8S. The van der Waals surface area contributed by atoms with E-state index >= 15 is 0 Å². The van der Waals surface area contributed by atoms with E-state index in [0.29, 0.717) is 5.56 Å². The predicted molar refractivity (Wildman–Crippen MR) is 204 cm³/mol. The number of para-hydroxylation sites is 1. The molecule has 0 aliphatic heterocycles. The number of carbonyl (C=O) groups excluding carboxylic acids is 6. The van der Waals surface area contributed by atoms with Crippen molar-refractivity contribution in [1.29, 1.82) is 0 Å². The van der Waals surface area contributed by atoms with Gasteiger partial charge in [-0.1, -0.05) is 62.4 Å². The molecule has 15 heteroatoms. The Morgan fingerprint density at radius 3 is 2.09 bits per heavy atom. The maximum absolute atomic E-state index is 14.4. The number of rotatable bonds is 17. The Bertz CT molecular complexity index is 1720. The van der Waals surface area contributed by atoms with E-state index in [2.05, 4.69) is 38.9 Å².